The molecule has 1 fully saturated rings. The van der Waals surface area contributed by atoms with Crippen molar-refractivity contribution in [3.8, 4) is 0 Å². The topological polar surface area (TPSA) is 0 Å². The Morgan fingerprint density at radius 3 is 2.21 bits per heavy atom. The fourth-order valence-corrected chi connectivity index (χ4v) is 3.01. The van der Waals surface area contributed by atoms with E-state index in [1.807, 2.05) is 6.92 Å². The summed E-state index contributed by atoms with van der Waals surface area (Å²) in [6.07, 6.45) is -0.699. The van der Waals surface area contributed by atoms with E-state index in [1.54, 1.807) is 12.1 Å². The highest BCUT2D eigenvalue weighted by atomic mass is 19.4. The molecule has 0 amide bonds. The van der Waals surface area contributed by atoms with Crippen molar-refractivity contribution < 1.29 is 13.2 Å². The Morgan fingerprint density at radius 2 is 1.68 bits per heavy atom. The molecule has 0 heterocycles. The maximum absolute atomic E-state index is 13.0. The Morgan fingerprint density at radius 1 is 1.11 bits per heavy atom. The molecule has 0 nitrogen and oxygen atoms in total. The van der Waals surface area contributed by atoms with Gasteiger partial charge in [0.05, 0.1) is 5.56 Å². The molecule has 2 rings (SSSR count). The summed E-state index contributed by atoms with van der Waals surface area (Å²) >= 11 is 0. The fourth-order valence-electron chi connectivity index (χ4n) is 3.01. The number of halogens is 3. The van der Waals surface area contributed by atoms with Crippen LogP contribution >= 0.6 is 0 Å². The van der Waals surface area contributed by atoms with Gasteiger partial charge in [-0.3, -0.25) is 0 Å². The minimum Gasteiger partial charge on any atom is -0.166 e. The summed E-state index contributed by atoms with van der Waals surface area (Å²) in [6.45, 7) is 5.96. The summed E-state index contributed by atoms with van der Waals surface area (Å²) in [7, 11) is 0. The standard InChI is InChI=1S/C16H19F3/c1-11(2)12-7-9-13(10-8-12)14-5-3-4-6-15(14)16(17,18)19/h3-6,12-13H,1,7-10H2,2H3. The molecule has 0 atom stereocenters. The lowest BCUT2D eigenvalue weighted by molar-refractivity contribution is -0.138. The van der Waals surface area contributed by atoms with Gasteiger partial charge < -0.3 is 0 Å². The maximum Gasteiger partial charge on any atom is 0.416 e. The molecule has 0 N–H and O–H groups in total. The van der Waals surface area contributed by atoms with Crippen molar-refractivity contribution >= 4 is 0 Å². The summed E-state index contributed by atoms with van der Waals surface area (Å²) in [5, 5.41) is 0. The van der Waals surface area contributed by atoms with Crippen LogP contribution in [0.3, 0.4) is 0 Å². The first kappa shape index (κ1) is 14.2. The van der Waals surface area contributed by atoms with Crippen molar-refractivity contribution in [2.45, 2.75) is 44.7 Å². The Bertz CT molecular complexity index is 451. The maximum atomic E-state index is 13.0. The van der Waals surface area contributed by atoms with Gasteiger partial charge in [-0.05, 0) is 56.1 Å². The lowest BCUT2D eigenvalue weighted by Gasteiger charge is -2.30. The average Bonchev–Trinajstić information content (AvgIpc) is 2.38. The van der Waals surface area contributed by atoms with Gasteiger partial charge in [-0.25, -0.2) is 0 Å². The smallest absolute Gasteiger partial charge is 0.166 e. The van der Waals surface area contributed by atoms with E-state index in [2.05, 4.69) is 6.58 Å². The van der Waals surface area contributed by atoms with Crippen LogP contribution in [0.2, 0.25) is 0 Å². The van der Waals surface area contributed by atoms with Crippen LogP contribution in [0.25, 0.3) is 0 Å². The van der Waals surface area contributed by atoms with E-state index in [9.17, 15) is 13.2 Å². The van der Waals surface area contributed by atoms with E-state index >= 15 is 0 Å². The minimum atomic E-state index is -4.25. The molecule has 19 heavy (non-hydrogen) atoms. The van der Waals surface area contributed by atoms with Gasteiger partial charge in [0.2, 0.25) is 0 Å². The lowest BCUT2D eigenvalue weighted by Crippen LogP contribution is -2.17. The number of hydrogen-bond acceptors (Lipinski definition) is 0. The van der Waals surface area contributed by atoms with Gasteiger partial charge >= 0.3 is 6.18 Å². The number of allylic oxidation sites excluding steroid dienone is 1. The molecule has 1 saturated carbocycles. The van der Waals surface area contributed by atoms with E-state index in [0.29, 0.717) is 11.5 Å². The molecule has 0 bridgehead atoms. The van der Waals surface area contributed by atoms with E-state index in [4.69, 9.17) is 0 Å². The summed E-state index contributed by atoms with van der Waals surface area (Å²) in [4.78, 5) is 0. The molecule has 1 aromatic rings. The highest BCUT2D eigenvalue weighted by Gasteiger charge is 2.35. The number of benzene rings is 1. The average molecular weight is 268 g/mol. The third kappa shape index (κ3) is 3.20. The Hall–Kier alpha value is -1.25. The molecule has 0 spiro atoms. The molecule has 104 valence electrons. The summed E-state index contributed by atoms with van der Waals surface area (Å²) in [5.74, 6) is 0.516. The highest BCUT2D eigenvalue weighted by Crippen LogP contribution is 2.42. The van der Waals surface area contributed by atoms with Crippen LogP contribution in [0.4, 0.5) is 13.2 Å². The van der Waals surface area contributed by atoms with Crippen molar-refractivity contribution in [1.29, 1.82) is 0 Å². The second-order valence-corrected chi connectivity index (χ2v) is 5.48. The van der Waals surface area contributed by atoms with Gasteiger partial charge in [0.15, 0.2) is 0 Å². The molecule has 0 aliphatic heterocycles. The van der Waals surface area contributed by atoms with E-state index in [1.165, 1.54) is 12.1 Å². The van der Waals surface area contributed by atoms with E-state index in [0.717, 1.165) is 31.3 Å². The van der Waals surface area contributed by atoms with Crippen molar-refractivity contribution in [3.63, 3.8) is 0 Å². The van der Waals surface area contributed by atoms with Crippen molar-refractivity contribution in [3.05, 3.63) is 47.5 Å². The summed E-state index contributed by atoms with van der Waals surface area (Å²) in [5.41, 5.74) is 1.16. The molecule has 1 aliphatic rings. The molecule has 3 heteroatoms. The Balaban J connectivity index is 2.18. The van der Waals surface area contributed by atoms with Gasteiger partial charge in [-0.15, -0.1) is 0 Å². The van der Waals surface area contributed by atoms with Crippen LogP contribution in [0.5, 0.6) is 0 Å². The second-order valence-electron chi connectivity index (χ2n) is 5.48. The summed E-state index contributed by atoms with van der Waals surface area (Å²) in [6, 6.07) is 6.00. The van der Waals surface area contributed by atoms with Crippen molar-refractivity contribution in [1.82, 2.24) is 0 Å². The predicted octanol–water partition coefficient (Wildman–Crippen LogP) is 5.56. The van der Waals surface area contributed by atoms with Gasteiger partial charge in [0.1, 0.15) is 0 Å². The number of hydrogen-bond donors (Lipinski definition) is 0. The molecule has 1 aliphatic carbocycles. The van der Waals surface area contributed by atoms with Crippen LogP contribution in [-0.2, 0) is 6.18 Å². The number of rotatable bonds is 2. The fraction of sp³-hybridized carbons (Fsp3) is 0.500. The van der Waals surface area contributed by atoms with Crippen LogP contribution < -0.4 is 0 Å². The first-order valence-corrected chi connectivity index (χ1v) is 6.71. The molecule has 0 saturated heterocycles. The molecule has 0 radical (unpaired) electrons. The highest BCUT2D eigenvalue weighted by molar-refractivity contribution is 5.33. The minimum absolute atomic E-state index is 0.0356. The zero-order chi connectivity index (χ0) is 14.0. The molecule has 0 unspecified atom stereocenters. The van der Waals surface area contributed by atoms with Crippen LogP contribution in [0.1, 0.15) is 49.7 Å². The zero-order valence-electron chi connectivity index (χ0n) is 11.1. The lowest BCUT2D eigenvalue weighted by atomic mass is 9.75. The van der Waals surface area contributed by atoms with Gasteiger partial charge in [0, 0.05) is 0 Å². The third-order valence-corrected chi connectivity index (χ3v) is 4.13. The van der Waals surface area contributed by atoms with E-state index in [-0.39, 0.29) is 5.92 Å². The molecule has 1 aromatic carbocycles. The zero-order valence-corrected chi connectivity index (χ0v) is 11.1. The monoisotopic (exact) mass is 268 g/mol. The van der Waals surface area contributed by atoms with Crippen LogP contribution in [-0.4, -0.2) is 0 Å². The van der Waals surface area contributed by atoms with Crippen molar-refractivity contribution in [2.75, 3.05) is 0 Å². The van der Waals surface area contributed by atoms with Gasteiger partial charge in [-0.1, -0.05) is 30.4 Å². The van der Waals surface area contributed by atoms with E-state index < -0.39 is 11.7 Å². The first-order chi connectivity index (χ1) is 8.89. The van der Waals surface area contributed by atoms with Gasteiger partial charge in [0.25, 0.3) is 0 Å². The van der Waals surface area contributed by atoms with Crippen molar-refractivity contribution in [2.24, 2.45) is 5.92 Å². The SMILES string of the molecule is C=C(C)C1CCC(c2ccccc2C(F)(F)F)CC1. The molecular formula is C16H19F3. The van der Waals surface area contributed by atoms with Crippen LogP contribution in [0, 0.1) is 5.92 Å². The summed E-state index contributed by atoms with van der Waals surface area (Å²) < 4.78 is 39.0. The third-order valence-electron chi connectivity index (χ3n) is 4.13. The van der Waals surface area contributed by atoms with Crippen LogP contribution in [0.15, 0.2) is 36.4 Å². The Labute approximate surface area is 112 Å². The molecular weight excluding hydrogens is 249 g/mol. The normalized spacial score (nSPS) is 24.2. The first-order valence-electron chi connectivity index (χ1n) is 6.71. The second kappa shape index (κ2) is 5.40. The number of alkyl halides is 3. The quantitative estimate of drug-likeness (QED) is 0.616. The van der Waals surface area contributed by atoms with Gasteiger partial charge in [-0.2, -0.15) is 13.2 Å². The molecule has 0 aromatic heterocycles. The predicted molar refractivity (Wildman–Crippen MR) is 71.0 cm³/mol. The Kier molecular flexibility index (Phi) is 4.02. The largest absolute Gasteiger partial charge is 0.416 e.